The number of aromatic amines is 1. The van der Waals surface area contributed by atoms with Gasteiger partial charge in [0.25, 0.3) is 5.01 Å². The van der Waals surface area contributed by atoms with E-state index < -0.39 is 10.2 Å². The molecule has 12 heteroatoms. The molecule has 0 unspecified atom stereocenters. The highest BCUT2D eigenvalue weighted by molar-refractivity contribution is 7.18. The van der Waals surface area contributed by atoms with Crippen molar-refractivity contribution in [2.24, 2.45) is 0 Å². The summed E-state index contributed by atoms with van der Waals surface area (Å²) >= 11 is 19.2. The van der Waals surface area contributed by atoms with E-state index in [0.29, 0.717) is 4.88 Å². The molecule has 0 spiro atoms. The van der Waals surface area contributed by atoms with Gasteiger partial charge in [-0.2, -0.15) is 0 Å². The van der Waals surface area contributed by atoms with Crippen LogP contribution in [0.25, 0.3) is 21.0 Å². The molecule has 144 valence electrons. The number of phenols is 2. The Kier molecular flexibility index (Phi) is 7.14. The highest BCUT2D eigenvalue weighted by Gasteiger charge is 2.25. The maximum absolute atomic E-state index is 10.2. The van der Waals surface area contributed by atoms with Crippen molar-refractivity contribution in [2.45, 2.75) is 0 Å². The van der Waals surface area contributed by atoms with Gasteiger partial charge in [0.05, 0.1) is 16.1 Å². The van der Waals surface area contributed by atoms with Crippen molar-refractivity contribution in [3.63, 3.8) is 0 Å². The zero-order valence-corrected chi connectivity index (χ0v) is 16.8. The number of benzene rings is 2. The molecule has 0 radical (unpaired) electrons. The summed E-state index contributed by atoms with van der Waals surface area (Å²) in [7, 11) is -4.94. The van der Waals surface area contributed by atoms with Gasteiger partial charge in [0.15, 0.2) is 11.9 Å². The number of aromatic hydroxyl groups is 2. The van der Waals surface area contributed by atoms with Crippen LogP contribution >= 0.6 is 46.1 Å². The van der Waals surface area contributed by atoms with Gasteiger partial charge in [0, 0.05) is 0 Å². The van der Waals surface area contributed by atoms with E-state index in [1.807, 2.05) is 30.3 Å². The van der Waals surface area contributed by atoms with E-state index in [0.717, 1.165) is 10.6 Å². The summed E-state index contributed by atoms with van der Waals surface area (Å²) in [6.45, 7) is 0. The second-order valence-corrected chi connectivity index (χ2v) is 7.78. The largest absolute Gasteiger partial charge is 0.506 e. The molecule has 1 heterocycles. The first kappa shape index (κ1) is 22.0. The van der Waals surface area contributed by atoms with Crippen molar-refractivity contribution >= 4 is 46.1 Å². The van der Waals surface area contributed by atoms with E-state index in [-0.39, 0.29) is 32.1 Å². The maximum atomic E-state index is 10.2. The second-order valence-electron chi connectivity index (χ2n) is 4.84. The van der Waals surface area contributed by atoms with E-state index >= 15 is 0 Å². The summed E-state index contributed by atoms with van der Waals surface area (Å²) in [4.78, 5) is 3.75. The van der Waals surface area contributed by atoms with Crippen LogP contribution < -0.4 is 23.6 Å². The van der Waals surface area contributed by atoms with E-state index in [2.05, 4.69) is 4.98 Å². The van der Waals surface area contributed by atoms with Crippen LogP contribution in [0.1, 0.15) is 0 Å². The molecule has 0 atom stereocenters. The van der Waals surface area contributed by atoms with Gasteiger partial charge in [-0.15, -0.1) is 10.2 Å². The third kappa shape index (κ3) is 5.58. The minimum Gasteiger partial charge on any atom is -0.506 e. The van der Waals surface area contributed by atoms with E-state index in [4.69, 9.17) is 53.4 Å². The lowest BCUT2D eigenvalue weighted by atomic mass is 10.1. The number of phenolic OH excluding ortho intramolecular Hbond substituents is 2. The Morgan fingerprint density at radius 2 is 1.37 bits per heavy atom. The van der Waals surface area contributed by atoms with Crippen LogP contribution in [0.3, 0.4) is 0 Å². The molecule has 0 saturated heterocycles. The van der Waals surface area contributed by atoms with Crippen molar-refractivity contribution in [3.05, 3.63) is 51.6 Å². The number of nitrogens with one attached hydrogen (secondary N) is 1. The fourth-order valence-electron chi connectivity index (χ4n) is 2.02. The molecule has 0 aliphatic carbocycles. The molecule has 3 aromatic rings. The Morgan fingerprint density at radius 1 is 0.852 bits per heavy atom. The highest BCUT2D eigenvalue weighted by atomic mass is 35.7. The topological polar surface area (TPSA) is 147 Å². The zero-order valence-electron chi connectivity index (χ0n) is 12.9. The SMILES string of the molecule is Oc1c(Cl)c(Cl)c(O)c(-c2c[nH+]c(-c3ccccc3)s2)c1Cl.[O-][Cl+3]([O-])([O-])[O-]. The van der Waals surface area contributed by atoms with E-state index in [1.54, 1.807) is 6.20 Å². The Hall–Kier alpha value is -1.33. The van der Waals surface area contributed by atoms with Gasteiger partial charge in [0.2, 0.25) is 0 Å². The number of halogens is 4. The number of thiazole rings is 1. The molecule has 27 heavy (non-hydrogen) atoms. The smallest absolute Gasteiger partial charge is 0.267 e. The van der Waals surface area contributed by atoms with Gasteiger partial charge in [-0.25, -0.2) is 23.6 Å². The average molecular weight is 473 g/mol. The standard InChI is InChI=1S/C15H8Cl3NO2S.ClHO4/c16-10-9(13(20)11(17)12(18)14(10)21)8-6-19-15(22-8)7-4-2-1-3-5-7;2-1(3,4)5/h1-6,20-21H;(H,2,3,4,5). The molecule has 0 aliphatic rings. The van der Waals surface area contributed by atoms with Crippen LogP contribution in [0.4, 0.5) is 0 Å². The van der Waals surface area contributed by atoms with E-state index in [1.165, 1.54) is 11.3 Å². The van der Waals surface area contributed by atoms with Crippen molar-refractivity contribution in [2.75, 3.05) is 0 Å². The normalized spacial score (nSPS) is 11.1. The number of hydrogen-bond acceptors (Lipinski definition) is 7. The number of aromatic nitrogens is 1. The minimum absolute atomic E-state index is 0.0400. The minimum atomic E-state index is -4.94. The van der Waals surface area contributed by atoms with Gasteiger partial charge in [-0.1, -0.05) is 64.3 Å². The molecule has 2 aromatic carbocycles. The maximum Gasteiger partial charge on any atom is 0.267 e. The van der Waals surface area contributed by atoms with Crippen LogP contribution in [0.5, 0.6) is 11.5 Å². The van der Waals surface area contributed by atoms with Crippen molar-refractivity contribution in [1.29, 1.82) is 0 Å². The van der Waals surface area contributed by atoms with Gasteiger partial charge in [-0.3, -0.25) is 0 Å². The molecule has 0 amide bonds. The van der Waals surface area contributed by atoms with Crippen LogP contribution in [0.15, 0.2) is 36.5 Å². The first-order valence-corrected chi connectivity index (χ1v) is 9.96. The first-order valence-electron chi connectivity index (χ1n) is 6.78. The lowest BCUT2D eigenvalue weighted by Crippen LogP contribution is -2.68. The van der Waals surface area contributed by atoms with Crippen LogP contribution in [-0.2, 0) is 0 Å². The fraction of sp³-hybridized carbons (Fsp3) is 0. The lowest BCUT2D eigenvalue weighted by molar-refractivity contribution is -2.00. The number of hydrogen-bond donors (Lipinski definition) is 2. The molecule has 7 nitrogen and oxygen atoms in total. The fourth-order valence-corrected chi connectivity index (χ4v) is 3.78. The Labute approximate surface area is 174 Å². The number of H-pyrrole nitrogens is 1. The Morgan fingerprint density at radius 3 is 1.93 bits per heavy atom. The summed E-state index contributed by atoms with van der Waals surface area (Å²) in [6.07, 6.45) is 1.69. The molecule has 0 bridgehead atoms. The summed E-state index contributed by atoms with van der Waals surface area (Å²) in [6, 6.07) is 9.70. The third-order valence-electron chi connectivity index (χ3n) is 3.10. The van der Waals surface area contributed by atoms with Crippen LogP contribution in [0.2, 0.25) is 15.1 Å². The van der Waals surface area contributed by atoms with Gasteiger partial charge in [0.1, 0.15) is 20.7 Å². The predicted octanol–water partition coefficient (Wildman–Crippen LogP) is 0.512. The lowest BCUT2D eigenvalue weighted by Gasteiger charge is -2.17. The van der Waals surface area contributed by atoms with Crippen molar-refractivity contribution in [3.8, 4) is 32.5 Å². The zero-order chi connectivity index (χ0) is 20.4. The molecule has 0 saturated carbocycles. The highest BCUT2D eigenvalue weighted by Crippen LogP contribution is 2.51. The summed E-state index contributed by atoms with van der Waals surface area (Å²) in [5.41, 5.74) is 1.25. The van der Waals surface area contributed by atoms with E-state index in [9.17, 15) is 10.2 Å². The molecule has 3 rings (SSSR count). The summed E-state index contributed by atoms with van der Waals surface area (Å²) < 4.78 is 34.0. The van der Waals surface area contributed by atoms with Gasteiger partial charge in [-0.05, 0) is 12.1 Å². The quantitative estimate of drug-likeness (QED) is 0.410. The van der Waals surface area contributed by atoms with Crippen molar-refractivity contribution in [1.82, 2.24) is 0 Å². The molecular formula is C15H9Cl4NO6S. The molecule has 1 aromatic heterocycles. The van der Waals surface area contributed by atoms with Crippen LogP contribution in [0, 0.1) is 10.2 Å². The van der Waals surface area contributed by atoms with Crippen LogP contribution in [-0.4, -0.2) is 10.2 Å². The Bertz CT molecular complexity index is 910. The summed E-state index contributed by atoms with van der Waals surface area (Å²) in [5.74, 6) is -0.611. The number of rotatable bonds is 2. The molecule has 3 N–H and O–H groups in total. The summed E-state index contributed by atoms with van der Waals surface area (Å²) in [5, 5.41) is 20.7. The predicted molar refractivity (Wildman–Crippen MR) is 90.1 cm³/mol. The second kappa shape index (κ2) is 8.78. The van der Waals surface area contributed by atoms with Gasteiger partial charge >= 0.3 is 0 Å². The monoisotopic (exact) mass is 471 g/mol. The third-order valence-corrected chi connectivity index (χ3v) is 5.40. The van der Waals surface area contributed by atoms with Crippen molar-refractivity contribution < 1.29 is 44.1 Å². The molecule has 0 fully saturated rings. The Balaban J connectivity index is 0.000000465. The molecule has 0 aliphatic heterocycles. The van der Waals surface area contributed by atoms with Gasteiger partial charge < -0.3 is 10.2 Å². The first-order chi connectivity index (χ1) is 12.5. The molecular weight excluding hydrogens is 464 g/mol. The average Bonchev–Trinajstić information content (AvgIpc) is 3.07.